The first-order chi connectivity index (χ1) is 10.6. The Morgan fingerprint density at radius 2 is 2.09 bits per heavy atom. The van der Waals surface area contributed by atoms with Gasteiger partial charge in [-0.15, -0.1) is 0 Å². The zero-order valence-electron chi connectivity index (χ0n) is 12.6. The molecule has 0 spiro atoms. The number of para-hydroxylation sites is 1. The van der Waals surface area contributed by atoms with E-state index in [9.17, 15) is 9.59 Å². The summed E-state index contributed by atoms with van der Waals surface area (Å²) in [6, 6.07) is 7.24. The van der Waals surface area contributed by atoms with E-state index in [0.29, 0.717) is 6.42 Å². The van der Waals surface area contributed by atoms with Crippen LogP contribution in [0.3, 0.4) is 0 Å². The number of carbonyl (C=O) groups is 2. The molecule has 2 rings (SSSR count). The molecule has 2 N–H and O–H groups in total. The molecule has 1 heterocycles. The standard InChI is InChI=1S/C16H20N2O3S/c1-10(15(19)18-14(9-22)16(20)21-2)7-11-8-17-13-6-4-3-5-12(11)13/h3-6,8,10,14,17,22H,7,9H2,1-2H3,(H,18,19)/t10-,14-/m0/s1. The third kappa shape index (κ3) is 3.62. The SMILES string of the molecule is COC(=O)[C@H](CS)NC(=O)[C@@H](C)Cc1c[nH]c2ccccc12. The number of fused-ring (bicyclic) bond motifs is 1. The van der Waals surface area contributed by atoms with Crippen LogP contribution in [0.1, 0.15) is 12.5 Å². The molecule has 0 fully saturated rings. The van der Waals surface area contributed by atoms with Gasteiger partial charge in [-0.05, 0) is 18.1 Å². The molecule has 0 aliphatic rings. The fourth-order valence-corrected chi connectivity index (χ4v) is 2.60. The molecule has 118 valence electrons. The molecule has 5 nitrogen and oxygen atoms in total. The summed E-state index contributed by atoms with van der Waals surface area (Å²) in [7, 11) is 1.29. The Kier molecular flexibility index (Phi) is 5.49. The van der Waals surface area contributed by atoms with Gasteiger partial charge in [0.15, 0.2) is 0 Å². The molecule has 6 heteroatoms. The smallest absolute Gasteiger partial charge is 0.329 e. The summed E-state index contributed by atoms with van der Waals surface area (Å²) in [6.07, 6.45) is 2.52. The number of H-pyrrole nitrogens is 1. The number of hydrogen-bond acceptors (Lipinski definition) is 4. The Hall–Kier alpha value is -1.95. The van der Waals surface area contributed by atoms with Crippen molar-refractivity contribution < 1.29 is 14.3 Å². The van der Waals surface area contributed by atoms with Gasteiger partial charge >= 0.3 is 5.97 Å². The second-order valence-electron chi connectivity index (χ2n) is 5.23. The molecule has 22 heavy (non-hydrogen) atoms. The van der Waals surface area contributed by atoms with Crippen molar-refractivity contribution in [1.29, 1.82) is 0 Å². The number of aromatic amines is 1. The van der Waals surface area contributed by atoms with Gasteiger partial charge in [-0.1, -0.05) is 25.1 Å². The molecule has 1 aromatic carbocycles. The number of hydrogen-bond donors (Lipinski definition) is 3. The average molecular weight is 320 g/mol. The number of rotatable bonds is 6. The minimum absolute atomic E-state index is 0.185. The third-order valence-electron chi connectivity index (χ3n) is 3.63. The molecular weight excluding hydrogens is 300 g/mol. The van der Waals surface area contributed by atoms with Crippen LogP contribution in [0.25, 0.3) is 10.9 Å². The van der Waals surface area contributed by atoms with Crippen LogP contribution < -0.4 is 5.32 Å². The fourth-order valence-electron chi connectivity index (χ4n) is 2.36. The van der Waals surface area contributed by atoms with Crippen LogP contribution in [0.4, 0.5) is 0 Å². The van der Waals surface area contributed by atoms with E-state index < -0.39 is 12.0 Å². The van der Waals surface area contributed by atoms with E-state index in [4.69, 9.17) is 0 Å². The summed E-state index contributed by atoms with van der Waals surface area (Å²) in [5, 5.41) is 3.79. The van der Waals surface area contributed by atoms with E-state index in [1.807, 2.05) is 37.4 Å². The van der Waals surface area contributed by atoms with Crippen LogP contribution >= 0.6 is 12.6 Å². The van der Waals surface area contributed by atoms with Gasteiger partial charge in [0.1, 0.15) is 6.04 Å². The Balaban J connectivity index is 2.03. The van der Waals surface area contributed by atoms with Gasteiger partial charge in [-0.2, -0.15) is 12.6 Å². The lowest BCUT2D eigenvalue weighted by Gasteiger charge is -2.17. The number of nitrogens with one attached hydrogen (secondary N) is 2. The maximum Gasteiger partial charge on any atom is 0.329 e. The van der Waals surface area contributed by atoms with E-state index in [-0.39, 0.29) is 17.6 Å². The van der Waals surface area contributed by atoms with Crippen molar-refractivity contribution in [3.8, 4) is 0 Å². The Labute approximate surface area is 134 Å². The van der Waals surface area contributed by atoms with Crippen LogP contribution in [-0.4, -0.2) is 35.8 Å². The number of benzene rings is 1. The second kappa shape index (κ2) is 7.35. The summed E-state index contributed by atoms with van der Waals surface area (Å²) in [5.74, 6) is -0.721. The van der Waals surface area contributed by atoms with E-state index in [0.717, 1.165) is 16.5 Å². The summed E-state index contributed by atoms with van der Waals surface area (Å²) in [4.78, 5) is 26.9. The molecule has 0 aliphatic carbocycles. The van der Waals surface area contributed by atoms with Crippen molar-refractivity contribution in [1.82, 2.24) is 10.3 Å². The molecule has 1 aromatic heterocycles. The lowest BCUT2D eigenvalue weighted by molar-refractivity contribution is -0.144. The van der Waals surface area contributed by atoms with E-state index >= 15 is 0 Å². The second-order valence-corrected chi connectivity index (χ2v) is 5.60. The monoisotopic (exact) mass is 320 g/mol. The maximum absolute atomic E-state index is 12.2. The maximum atomic E-state index is 12.2. The van der Waals surface area contributed by atoms with Crippen molar-refractivity contribution in [3.05, 3.63) is 36.0 Å². The molecule has 0 aliphatic heterocycles. The van der Waals surface area contributed by atoms with Crippen LogP contribution in [-0.2, 0) is 20.7 Å². The van der Waals surface area contributed by atoms with Gasteiger partial charge in [0, 0.05) is 28.8 Å². The molecule has 2 aromatic rings. The number of amides is 1. The highest BCUT2D eigenvalue weighted by molar-refractivity contribution is 7.80. The Morgan fingerprint density at radius 3 is 2.77 bits per heavy atom. The van der Waals surface area contributed by atoms with Gasteiger partial charge in [0.05, 0.1) is 7.11 Å². The van der Waals surface area contributed by atoms with Crippen LogP contribution in [0.2, 0.25) is 0 Å². The summed E-state index contributed by atoms with van der Waals surface area (Å²) in [5.41, 5.74) is 2.13. The van der Waals surface area contributed by atoms with Crippen LogP contribution in [0.15, 0.2) is 30.5 Å². The number of aromatic nitrogens is 1. The molecular formula is C16H20N2O3S. The van der Waals surface area contributed by atoms with Crippen molar-refractivity contribution in [2.75, 3.05) is 12.9 Å². The normalized spacial score (nSPS) is 13.6. The minimum atomic E-state index is -0.716. The topological polar surface area (TPSA) is 71.2 Å². The highest BCUT2D eigenvalue weighted by Gasteiger charge is 2.23. The number of methoxy groups -OCH3 is 1. The van der Waals surface area contributed by atoms with Crippen molar-refractivity contribution in [2.45, 2.75) is 19.4 Å². The quantitative estimate of drug-likeness (QED) is 0.563. The van der Waals surface area contributed by atoms with Crippen molar-refractivity contribution in [3.63, 3.8) is 0 Å². The number of carbonyl (C=O) groups excluding carboxylic acids is 2. The average Bonchev–Trinajstić information content (AvgIpc) is 2.94. The Morgan fingerprint density at radius 1 is 1.36 bits per heavy atom. The van der Waals surface area contributed by atoms with Crippen molar-refractivity contribution in [2.24, 2.45) is 5.92 Å². The molecule has 0 saturated carbocycles. The van der Waals surface area contributed by atoms with Crippen LogP contribution in [0, 0.1) is 5.92 Å². The number of thiol groups is 1. The summed E-state index contributed by atoms with van der Waals surface area (Å²) < 4.78 is 4.64. The predicted molar refractivity (Wildman–Crippen MR) is 89.0 cm³/mol. The molecule has 0 bridgehead atoms. The first-order valence-corrected chi connectivity index (χ1v) is 7.74. The van der Waals surface area contributed by atoms with E-state index in [1.54, 1.807) is 0 Å². The van der Waals surface area contributed by atoms with Crippen LogP contribution in [0.5, 0.6) is 0 Å². The van der Waals surface area contributed by atoms with Crippen molar-refractivity contribution >= 4 is 35.4 Å². The van der Waals surface area contributed by atoms with E-state index in [1.165, 1.54) is 7.11 Å². The first-order valence-electron chi connectivity index (χ1n) is 7.10. The fraction of sp³-hybridized carbons (Fsp3) is 0.375. The number of esters is 1. The minimum Gasteiger partial charge on any atom is -0.467 e. The molecule has 0 radical (unpaired) electrons. The molecule has 0 saturated heterocycles. The van der Waals surface area contributed by atoms with Gasteiger partial charge in [-0.25, -0.2) is 4.79 Å². The van der Waals surface area contributed by atoms with Gasteiger partial charge in [0.25, 0.3) is 0 Å². The highest BCUT2D eigenvalue weighted by Crippen LogP contribution is 2.20. The molecule has 2 atom stereocenters. The number of ether oxygens (including phenoxy) is 1. The van der Waals surface area contributed by atoms with Gasteiger partial charge in [-0.3, -0.25) is 4.79 Å². The largest absolute Gasteiger partial charge is 0.467 e. The zero-order valence-corrected chi connectivity index (χ0v) is 13.5. The Bertz CT molecular complexity index is 668. The lowest BCUT2D eigenvalue weighted by atomic mass is 9.99. The summed E-state index contributed by atoms with van der Waals surface area (Å²) >= 11 is 4.07. The highest BCUT2D eigenvalue weighted by atomic mass is 32.1. The lowest BCUT2D eigenvalue weighted by Crippen LogP contribution is -2.45. The van der Waals surface area contributed by atoms with E-state index in [2.05, 4.69) is 27.7 Å². The predicted octanol–water partition coefficient (Wildman–Crippen LogP) is 1.93. The van der Waals surface area contributed by atoms with Gasteiger partial charge < -0.3 is 15.0 Å². The third-order valence-corrected chi connectivity index (χ3v) is 4.00. The summed E-state index contributed by atoms with van der Waals surface area (Å²) in [6.45, 7) is 1.84. The van der Waals surface area contributed by atoms with Gasteiger partial charge in [0.2, 0.25) is 5.91 Å². The molecule has 0 unspecified atom stereocenters. The molecule has 1 amide bonds. The zero-order chi connectivity index (χ0) is 16.1. The first kappa shape index (κ1) is 16.4.